The zero-order chi connectivity index (χ0) is 32.2. The molecule has 0 aliphatic heterocycles. The van der Waals surface area contributed by atoms with E-state index in [2.05, 4.69) is 49.3 Å². The van der Waals surface area contributed by atoms with Gasteiger partial charge in [-0.25, -0.2) is 4.39 Å². The largest absolute Gasteiger partial charge is 0.298 e. The number of carbonyl (C=O) groups excluding carboxylic acids is 1. The van der Waals surface area contributed by atoms with Crippen LogP contribution in [0.4, 0.5) is 4.39 Å². The van der Waals surface area contributed by atoms with E-state index in [0.29, 0.717) is 0 Å². The Bertz CT molecular complexity index is 1070. The Balaban J connectivity index is 0. The van der Waals surface area contributed by atoms with Crippen LogP contribution in [0.1, 0.15) is 114 Å². The van der Waals surface area contributed by atoms with Crippen molar-refractivity contribution in [1.82, 2.24) is 4.98 Å². The molecule has 3 aromatic rings. The number of carbonyl (C=O) groups is 1. The fourth-order valence-electron chi connectivity index (χ4n) is 4.15. The number of nitrogens with zero attached hydrogens (tertiary/aromatic N) is 1. The third-order valence-electron chi connectivity index (χ3n) is 6.68. The molecule has 1 aromatic heterocycles. The summed E-state index contributed by atoms with van der Waals surface area (Å²) in [5, 5.41) is 0. The monoisotopic (exact) mass is 575 g/mol. The molecule has 42 heavy (non-hydrogen) atoms. The molecular weight excluding hydrogens is 517 g/mol. The molecule has 1 fully saturated rings. The van der Waals surface area contributed by atoms with Crippen molar-refractivity contribution in [1.29, 1.82) is 0 Å². The average molecular weight is 576 g/mol. The molecule has 0 unspecified atom stereocenters. The van der Waals surface area contributed by atoms with Gasteiger partial charge in [0.15, 0.2) is 0 Å². The van der Waals surface area contributed by atoms with Crippen LogP contribution < -0.4 is 0 Å². The fourth-order valence-corrected chi connectivity index (χ4v) is 4.15. The molecule has 3 heteroatoms. The number of hydrogen-bond acceptors (Lipinski definition) is 2. The second kappa shape index (κ2) is 27.8. The van der Waals surface area contributed by atoms with Crippen LogP contribution in [0.5, 0.6) is 0 Å². The number of hydrogen-bond donors (Lipinski definition) is 0. The Kier molecular flexibility index (Phi) is 27.0. The highest BCUT2D eigenvalue weighted by molar-refractivity contribution is 5.71. The van der Waals surface area contributed by atoms with Crippen LogP contribution in [-0.4, -0.2) is 11.3 Å². The van der Waals surface area contributed by atoms with Crippen LogP contribution in [0, 0.1) is 19.7 Å². The number of aldehydes is 1. The van der Waals surface area contributed by atoms with E-state index in [-0.39, 0.29) is 5.82 Å². The summed E-state index contributed by atoms with van der Waals surface area (Å²) in [6, 6.07) is 19.5. The molecule has 0 radical (unpaired) electrons. The molecule has 0 saturated heterocycles. The number of halogens is 1. The minimum absolute atomic E-state index is 0.155. The standard InChI is InChI=1S/C13H19N.C12H14O.C8H9F.2C2H6.C2H4/c1-2-11-8-9-13(14-10-11)12-6-4-3-5-7-12;1-11(10-13)6-5-9-12-7-3-2-4-8-12;1-6-3-4-8(9)5-7(6)2;3*1-2/h8-10,12H,2-7H2,1H3;2-4,6-8,10H,5,9H2,1H3;3-5H,1-2H3;2*1-2H3;1-2H2/b;11-6+;;;;. The minimum Gasteiger partial charge on any atom is -0.298 e. The van der Waals surface area contributed by atoms with Crippen molar-refractivity contribution < 1.29 is 9.18 Å². The van der Waals surface area contributed by atoms with Crippen molar-refractivity contribution in [2.75, 3.05) is 0 Å². The molecule has 1 saturated carbocycles. The molecule has 232 valence electrons. The number of benzene rings is 2. The van der Waals surface area contributed by atoms with Gasteiger partial charge in [0.2, 0.25) is 0 Å². The summed E-state index contributed by atoms with van der Waals surface area (Å²) in [6.07, 6.45) is 14.8. The maximum Gasteiger partial charge on any atom is 0.145 e. The molecule has 2 nitrogen and oxygen atoms in total. The molecule has 0 amide bonds. The highest BCUT2D eigenvalue weighted by Gasteiger charge is 2.16. The quantitative estimate of drug-likeness (QED) is 0.166. The SMILES string of the molecule is C/C(C=O)=C\CCc1ccccc1.C=C.CC.CC.CCc1ccc(C2CCCCC2)nc1.Cc1ccc(F)cc1C. The van der Waals surface area contributed by atoms with Crippen molar-refractivity contribution in [3.63, 3.8) is 0 Å². The number of allylic oxidation sites excluding steroid dienone is 2. The summed E-state index contributed by atoms with van der Waals surface area (Å²) in [5.74, 6) is 0.591. The zero-order valence-electron chi connectivity index (χ0n) is 27.9. The van der Waals surface area contributed by atoms with Crippen LogP contribution in [0.3, 0.4) is 0 Å². The van der Waals surface area contributed by atoms with Gasteiger partial charge in [-0.15, -0.1) is 13.2 Å². The number of aromatic nitrogens is 1. The van der Waals surface area contributed by atoms with Crippen LogP contribution in [0.25, 0.3) is 0 Å². The third-order valence-corrected chi connectivity index (χ3v) is 6.68. The van der Waals surface area contributed by atoms with E-state index in [0.717, 1.165) is 48.2 Å². The van der Waals surface area contributed by atoms with Crippen molar-refractivity contribution in [2.24, 2.45) is 0 Å². The molecule has 1 aliphatic rings. The van der Waals surface area contributed by atoms with E-state index in [1.807, 2.05) is 78.9 Å². The van der Waals surface area contributed by atoms with Crippen LogP contribution >= 0.6 is 0 Å². The predicted octanol–water partition coefficient (Wildman–Crippen LogP) is 11.8. The van der Waals surface area contributed by atoms with E-state index in [1.165, 1.54) is 61.1 Å². The first-order valence-corrected chi connectivity index (χ1v) is 15.8. The van der Waals surface area contributed by atoms with E-state index in [1.54, 1.807) is 6.07 Å². The molecular formula is C39H58FNO. The normalized spacial score (nSPS) is 12.1. The summed E-state index contributed by atoms with van der Waals surface area (Å²) >= 11 is 0. The molecule has 4 rings (SSSR count). The van der Waals surface area contributed by atoms with Crippen LogP contribution in [0.2, 0.25) is 0 Å². The van der Waals surface area contributed by atoms with Crippen LogP contribution in [-0.2, 0) is 17.6 Å². The first-order valence-electron chi connectivity index (χ1n) is 15.8. The van der Waals surface area contributed by atoms with Crippen molar-refractivity contribution >= 4 is 6.29 Å². The maximum absolute atomic E-state index is 12.3. The minimum atomic E-state index is -0.155. The second-order valence-corrected chi connectivity index (χ2v) is 9.60. The fraction of sp³-hybridized carbons (Fsp3) is 0.436. The Morgan fingerprint density at radius 2 is 1.50 bits per heavy atom. The lowest BCUT2D eigenvalue weighted by molar-refractivity contribution is -0.104. The van der Waals surface area contributed by atoms with Crippen LogP contribution in [0.15, 0.2) is 91.7 Å². The summed E-state index contributed by atoms with van der Waals surface area (Å²) in [6.45, 7) is 21.9. The number of pyridine rings is 1. The first kappa shape index (κ1) is 40.8. The second-order valence-electron chi connectivity index (χ2n) is 9.60. The van der Waals surface area contributed by atoms with Gasteiger partial charge in [0.1, 0.15) is 12.1 Å². The van der Waals surface area contributed by atoms with Gasteiger partial charge in [-0.2, -0.15) is 0 Å². The van der Waals surface area contributed by atoms with Gasteiger partial charge in [0.05, 0.1) is 0 Å². The summed E-state index contributed by atoms with van der Waals surface area (Å²) < 4.78 is 12.3. The number of aryl methyl sites for hydroxylation is 4. The molecule has 0 N–H and O–H groups in total. The average Bonchev–Trinajstić information content (AvgIpc) is 3.07. The Hall–Kier alpha value is -3.33. The lowest BCUT2D eigenvalue weighted by Crippen LogP contribution is -2.06. The highest BCUT2D eigenvalue weighted by Crippen LogP contribution is 2.31. The molecule has 0 atom stereocenters. The molecule has 1 heterocycles. The zero-order valence-corrected chi connectivity index (χ0v) is 27.9. The van der Waals surface area contributed by atoms with Crippen molar-refractivity contribution in [3.05, 3.63) is 125 Å². The van der Waals surface area contributed by atoms with E-state index in [4.69, 9.17) is 0 Å². The summed E-state index contributed by atoms with van der Waals surface area (Å²) in [5.41, 5.74) is 6.95. The topological polar surface area (TPSA) is 30.0 Å². The Morgan fingerprint density at radius 3 is 1.98 bits per heavy atom. The van der Waals surface area contributed by atoms with E-state index >= 15 is 0 Å². The van der Waals surface area contributed by atoms with Crippen molar-refractivity contribution in [3.8, 4) is 0 Å². The lowest BCUT2D eigenvalue weighted by Gasteiger charge is -2.20. The third kappa shape index (κ3) is 18.9. The van der Waals surface area contributed by atoms with Gasteiger partial charge < -0.3 is 0 Å². The van der Waals surface area contributed by atoms with Gasteiger partial charge in [-0.05, 0) is 98.9 Å². The van der Waals surface area contributed by atoms with Gasteiger partial charge in [-0.1, -0.05) is 102 Å². The molecule has 1 aliphatic carbocycles. The molecule has 2 aromatic carbocycles. The van der Waals surface area contributed by atoms with Gasteiger partial charge in [0.25, 0.3) is 0 Å². The van der Waals surface area contributed by atoms with Gasteiger partial charge in [0, 0.05) is 17.8 Å². The lowest BCUT2D eigenvalue weighted by atomic mass is 9.86. The molecule has 0 spiro atoms. The predicted molar refractivity (Wildman–Crippen MR) is 184 cm³/mol. The highest BCUT2D eigenvalue weighted by atomic mass is 19.1. The van der Waals surface area contributed by atoms with Gasteiger partial charge in [-0.3, -0.25) is 9.78 Å². The first-order chi connectivity index (χ1) is 20.4. The van der Waals surface area contributed by atoms with E-state index < -0.39 is 0 Å². The Morgan fingerprint density at radius 1 is 0.881 bits per heavy atom. The number of rotatable bonds is 6. The smallest absolute Gasteiger partial charge is 0.145 e. The summed E-state index contributed by atoms with van der Waals surface area (Å²) in [7, 11) is 0. The van der Waals surface area contributed by atoms with Gasteiger partial charge >= 0.3 is 0 Å². The summed E-state index contributed by atoms with van der Waals surface area (Å²) in [4.78, 5) is 14.9. The molecule has 0 bridgehead atoms. The van der Waals surface area contributed by atoms with E-state index in [9.17, 15) is 9.18 Å². The van der Waals surface area contributed by atoms with Crippen molar-refractivity contribution in [2.45, 2.75) is 113 Å². The maximum atomic E-state index is 12.3. The Labute approximate surface area is 258 Å².